The normalized spacial score (nSPS) is 16.2. The molecule has 9 heteroatoms. The van der Waals surface area contributed by atoms with E-state index in [-0.39, 0.29) is 36.1 Å². The molecule has 34 heavy (non-hydrogen) atoms. The molecule has 1 heterocycles. The van der Waals surface area contributed by atoms with Crippen molar-refractivity contribution in [3.63, 3.8) is 0 Å². The largest absolute Gasteiger partial charge is 0.346 e. The smallest absolute Gasteiger partial charge is 0.251 e. The van der Waals surface area contributed by atoms with Crippen LogP contribution in [-0.2, 0) is 11.3 Å². The Labute approximate surface area is 213 Å². The van der Waals surface area contributed by atoms with Gasteiger partial charge in [0.15, 0.2) is 0 Å². The Balaban J connectivity index is 0.00000324. The highest BCUT2D eigenvalue weighted by molar-refractivity contribution is 7.99. The Kier molecular flexibility index (Phi) is 8.60. The van der Waals surface area contributed by atoms with Crippen molar-refractivity contribution in [1.82, 2.24) is 5.32 Å². The average Bonchev–Trinajstić information content (AvgIpc) is 2.92. The van der Waals surface area contributed by atoms with Crippen molar-refractivity contribution < 1.29 is 14.0 Å². The summed E-state index contributed by atoms with van der Waals surface area (Å²) in [4.78, 5) is 28.6. The predicted octanol–water partition coefficient (Wildman–Crippen LogP) is 5.36. The number of halogens is 3. The molecule has 0 saturated heterocycles. The predicted molar refractivity (Wildman–Crippen MR) is 137 cm³/mol. The van der Waals surface area contributed by atoms with Crippen LogP contribution < -0.4 is 16.0 Å². The van der Waals surface area contributed by atoms with Crippen LogP contribution in [0, 0.1) is 5.82 Å². The van der Waals surface area contributed by atoms with E-state index in [1.165, 1.54) is 23.9 Å². The summed E-state index contributed by atoms with van der Waals surface area (Å²) in [6, 6.07) is 17.6. The van der Waals surface area contributed by atoms with Gasteiger partial charge in [-0.2, -0.15) is 0 Å². The number of hydrogen-bond acceptors (Lipinski definition) is 4. The van der Waals surface area contributed by atoms with Gasteiger partial charge >= 0.3 is 0 Å². The topological polar surface area (TPSA) is 75.4 Å². The van der Waals surface area contributed by atoms with Crippen molar-refractivity contribution in [1.29, 1.82) is 0 Å². The highest BCUT2D eigenvalue weighted by atomic mass is 35.5. The highest BCUT2D eigenvalue weighted by Crippen LogP contribution is 2.36. The van der Waals surface area contributed by atoms with Crippen molar-refractivity contribution in [3.8, 4) is 0 Å². The summed E-state index contributed by atoms with van der Waals surface area (Å²) in [5, 5.41) is 3.55. The minimum atomic E-state index is -0.648. The van der Waals surface area contributed by atoms with E-state index in [0.717, 1.165) is 16.0 Å². The van der Waals surface area contributed by atoms with Gasteiger partial charge < -0.3 is 16.0 Å². The lowest BCUT2D eigenvalue weighted by Crippen LogP contribution is -2.44. The maximum atomic E-state index is 13.2. The number of thioether (sulfide) groups is 1. The van der Waals surface area contributed by atoms with Gasteiger partial charge in [-0.3, -0.25) is 9.59 Å². The molecular weight excluding hydrogens is 496 g/mol. The number of nitrogens with one attached hydrogen (secondary N) is 1. The van der Waals surface area contributed by atoms with Crippen molar-refractivity contribution in [3.05, 3.63) is 94.3 Å². The van der Waals surface area contributed by atoms with Gasteiger partial charge in [0, 0.05) is 21.2 Å². The molecule has 1 aliphatic heterocycles. The second kappa shape index (κ2) is 11.2. The van der Waals surface area contributed by atoms with E-state index in [1.807, 2.05) is 25.1 Å². The van der Waals surface area contributed by atoms with E-state index >= 15 is 0 Å². The zero-order chi connectivity index (χ0) is 23.5. The summed E-state index contributed by atoms with van der Waals surface area (Å²) in [5.41, 5.74) is 8.89. The first-order chi connectivity index (χ1) is 15.8. The Morgan fingerprint density at radius 3 is 2.53 bits per heavy atom. The van der Waals surface area contributed by atoms with Gasteiger partial charge in [0.05, 0.1) is 24.3 Å². The molecule has 3 N–H and O–H groups in total. The molecule has 0 spiro atoms. The maximum Gasteiger partial charge on any atom is 0.251 e. The van der Waals surface area contributed by atoms with Gasteiger partial charge in [0.2, 0.25) is 5.91 Å². The summed E-state index contributed by atoms with van der Waals surface area (Å²) >= 11 is 7.49. The quantitative estimate of drug-likeness (QED) is 0.475. The molecule has 2 amide bonds. The molecule has 3 aromatic rings. The molecule has 0 aliphatic carbocycles. The number of carbonyl (C=O) groups excluding carboxylic acids is 2. The van der Waals surface area contributed by atoms with E-state index in [2.05, 4.69) is 5.32 Å². The second-order valence-electron chi connectivity index (χ2n) is 7.90. The van der Waals surface area contributed by atoms with E-state index in [9.17, 15) is 14.0 Å². The molecule has 2 atom stereocenters. The van der Waals surface area contributed by atoms with E-state index in [4.69, 9.17) is 17.3 Å². The monoisotopic (exact) mass is 519 g/mol. The molecule has 178 valence electrons. The number of anilines is 1. The molecule has 1 aliphatic rings. The number of fused-ring (bicyclic) bond motifs is 1. The molecule has 3 aromatic carbocycles. The summed E-state index contributed by atoms with van der Waals surface area (Å²) in [7, 11) is 0. The standard InChI is InChI=1S/C25H23ClFN3O2S.ClH/c1-15(17-4-9-20(27)10-5-17)29-24(31)18-6-11-23-22(12-18)30(25(32)21(28)14-33-23)13-16-2-7-19(26)8-3-16;/h2-12,15,21H,13-14,28H2,1H3,(H,29,31);1H/t15?,21-;/m0./s1. The van der Waals surface area contributed by atoms with Crippen LogP contribution in [0.2, 0.25) is 5.02 Å². The Hall–Kier alpha value is -2.58. The van der Waals surface area contributed by atoms with E-state index in [1.54, 1.807) is 41.3 Å². The summed E-state index contributed by atoms with van der Waals surface area (Å²) < 4.78 is 13.2. The van der Waals surface area contributed by atoms with Crippen molar-refractivity contribution in [2.24, 2.45) is 5.73 Å². The lowest BCUT2D eigenvalue weighted by atomic mass is 10.1. The van der Waals surface area contributed by atoms with Crippen LogP contribution in [0.15, 0.2) is 71.6 Å². The lowest BCUT2D eigenvalue weighted by molar-refractivity contribution is -0.119. The van der Waals surface area contributed by atoms with Gasteiger partial charge in [0.1, 0.15) is 5.82 Å². The molecular formula is C25H24Cl2FN3O2S. The van der Waals surface area contributed by atoms with E-state index in [0.29, 0.717) is 28.6 Å². The first kappa shape index (κ1) is 26.0. The molecule has 0 radical (unpaired) electrons. The molecule has 0 fully saturated rings. The first-order valence-electron chi connectivity index (χ1n) is 10.5. The lowest BCUT2D eigenvalue weighted by Gasteiger charge is -2.25. The van der Waals surface area contributed by atoms with Gasteiger partial charge in [-0.25, -0.2) is 4.39 Å². The number of rotatable bonds is 5. The third-order valence-electron chi connectivity index (χ3n) is 5.49. The summed E-state index contributed by atoms with van der Waals surface area (Å²) in [6.45, 7) is 2.15. The van der Waals surface area contributed by atoms with E-state index < -0.39 is 6.04 Å². The van der Waals surface area contributed by atoms with Gasteiger partial charge in [-0.05, 0) is 60.5 Å². The average molecular weight is 520 g/mol. The highest BCUT2D eigenvalue weighted by Gasteiger charge is 2.29. The van der Waals surface area contributed by atoms with Crippen LogP contribution >= 0.6 is 35.8 Å². The third kappa shape index (κ3) is 5.91. The molecule has 0 aromatic heterocycles. The Bertz CT molecular complexity index is 1180. The number of carbonyl (C=O) groups is 2. The van der Waals surface area contributed by atoms with Gasteiger partial charge in [0.25, 0.3) is 5.91 Å². The van der Waals surface area contributed by atoms with Crippen LogP contribution in [0.25, 0.3) is 0 Å². The molecule has 0 saturated carbocycles. The number of amides is 2. The third-order valence-corrected chi connectivity index (χ3v) is 6.92. The number of nitrogens with two attached hydrogens (primary N) is 1. The number of hydrogen-bond donors (Lipinski definition) is 2. The van der Waals surface area contributed by atoms with Gasteiger partial charge in [-0.15, -0.1) is 24.2 Å². The van der Waals surface area contributed by atoms with Crippen molar-refractivity contribution in [2.75, 3.05) is 10.7 Å². The Morgan fingerprint density at radius 1 is 1.18 bits per heavy atom. The van der Waals surface area contributed by atoms with Crippen LogP contribution in [0.1, 0.15) is 34.5 Å². The minimum absolute atomic E-state index is 0. The zero-order valence-electron chi connectivity index (χ0n) is 18.3. The summed E-state index contributed by atoms with van der Waals surface area (Å²) in [6.07, 6.45) is 0. The maximum absolute atomic E-state index is 13.2. The van der Waals surface area contributed by atoms with Crippen LogP contribution in [0.3, 0.4) is 0 Å². The summed E-state index contributed by atoms with van der Waals surface area (Å²) in [5.74, 6) is -0.361. The first-order valence-corrected chi connectivity index (χ1v) is 11.8. The minimum Gasteiger partial charge on any atom is -0.346 e. The second-order valence-corrected chi connectivity index (χ2v) is 9.40. The number of nitrogens with zero attached hydrogens (tertiary/aromatic N) is 1. The van der Waals surface area contributed by atoms with Crippen LogP contribution in [0.5, 0.6) is 0 Å². The molecule has 4 rings (SSSR count). The Morgan fingerprint density at radius 2 is 1.85 bits per heavy atom. The van der Waals surface area contributed by atoms with Gasteiger partial charge in [-0.1, -0.05) is 35.9 Å². The zero-order valence-corrected chi connectivity index (χ0v) is 20.7. The molecule has 5 nitrogen and oxygen atoms in total. The fraction of sp³-hybridized carbons (Fsp3) is 0.200. The number of benzene rings is 3. The molecule has 0 bridgehead atoms. The fourth-order valence-corrected chi connectivity index (χ4v) is 4.72. The van der Waals surface area contributed by atoms with Crippen LogP contribution in [0.4, 0.5) is 10.1 Å². The fourth-order valence-electron chi connectivity index (χ4n) is 3.61. The van der Waals surface area contributed by atoms with Crippen molar-refractivity contribution in [2.45, 2.75) is 30.4 Å². The van der Waals surface area contributed by atoms with Crippen molar-refractivity contribution >= 4 is 53.3 Å². The SMILES string of the molecule is CC(NC(=O)c1ccc2c(c1)N(Cc1ccc(Cl)cc1)C(=O)[C@@H](N)CS2)c1ccc(F)cc1.Cl. The van der Waals surface area contributed by atoms with Crippen LogP contribution in [-0.4, -0.2) is 23.6 Å². The molecule has 1 unspecified atom stereocenters.